The van der Waals surface area contributed by atoms with E-state index in [0.717, 1.165) is 5.56 Å². The molecule has 7 nitrogen and oxygen atoms in total. The van der Waals surface area contributed by atoms with Crippen LogP contribution >= 0.6 is 11.6 Å². The number of nitrogens with zero attached hydrogens (tertiary/aromatic N) is 1. The first-order chi connectivity index (χ1) is 13.8. The van der Waals surface area contributed by atoms with Gasteiger partial charge in [0.25, 0.3) is 15.9 Å². The number of carbonyl (C=O) groups is 1. The van der Waals surface area contributed by atoms with Crippen molar-refractivity contribution in [2.24, 2.45) is 0 Å². The van der Waals surface area contributed by atoms with Gasteiger partial charge in [-0.05, 0) is 55.0 Å². The fraction of sp³-hybridized carbons (Fsp3) is 0.100. The molecule has 0 unspecified atom stereocenters. The van der Waals surface area contributed by atoms with Gasteiger partial charge in [0.1, 0.15) is 11.6 Å². The normalized spacial score (nSPS) is 11.0. The second-order valence-electron chi connectivity index (χ2n) is 6.10. The molecule has 0 saturated carbocycles. The highest BCUT2D eigenvalue weighted by Gasteiger charge is 2.19. The molecule has 3 rings (SSSR count). The summed E-state index contributed by atoms with van der Waals surface area (Å²) >= 11 is 5.96. The fourth-order valence-electron chi connectivity index (χ4n) is 2.56. The van der Waals surface area contributed by atoms with Crippen molar-refractivity contribution in [3.05, 3.63) is 76.9 Å². The molecule has 1 heterocycles. The standard InChI is InChI=1S/C20H18ClN3O4S/c1-13-5-4-10-22-19(13)23-20(25)14-6-3-7-16(11-14)29(26,27)24-17-12-15(21)8-9-18(17)28-2/h3-12,24H,1-2H3,(H,22,23,25). The van der Waals surface area contributed by atoms with E-state index in [-0.39, 0.29) is 16.1 Å². The summed E-state index contributed by atoms with van der Waals surface area (Å²) in [6, 6.07) is 13.8. The number of aryl methyl sites for hydroxylation is 1. The van der Waals surface area contributed by atoms with Gasteiger partial charge in [0.15, 0.2) is 0 Å². The Morgan fingerprint density at radius 3 is 2.62 bits per heavy atom. The number of hydrogen-bond donors (Lipinski definition) is 2. The molecule has 150 valence electrons. The molecule has 1 amide bonds. The van der Waals surface area contributed by atoms with Gasteiger partial charge in [0.05, 0.1) is 17.7 Å². The molecule has 0 bridgehead atoms. The van der Waals surface area contributed by atoms with Gasteiger partial charge in [-0.1, -0.05) is 23.7 Å². The van der Waals surface area contributed by atoms with E-state index in [9.17, 15) is 13.2 Å². The van der Waals surface area contributed by atoms with Crippen LogP contribution in [0.4, 0.5) is 11.5 Å². The van der Waals surface area contributed by atoms with E-state index in [1.807, 2.05) is 13.0 Å². The largest absolute Gasteiger partial charge is 0.495 e. The minimum atomic E-state index is -3.98. The second kappa shape index (κ2) is 8.50. The molecule has 0 atom stereocenters. The lowest BCUT2D eigenvalue weighted by Gasteiger charge is -2.13. The number of aromatic nitrogens is 1. The maximum absolute atomic E-state index is 12.8. The molecule has 2 N–H and O–H groups in total. The van der Waals surface area contributed by atoms with E-state index in [1.165, 1.54) is 37.4 Å². The average Bonchev–Trinajstić information content (AvgIpc) is 2.70. The van der Waals surface area contributed by atoms with Gasteiger partial charge >= 0.3 is 0 Å². The third-order valence-electron chi connectivity index (χ3n) is 4.05. The predicted molar refractivity (Wildman–Crippen MR) is 112 cm³/mol. The Kier molecular flexibility index (Phi) is 6.05. The number of methoxy groups -OCH3 is 1. The smallest absolute Gasteiger partial charge is 0.262 e. The number of anilines is 2. The van der Waals surface area contributed by atoms with Crippen molar-refractivity contribution in [1.29, 1.82) is 0 Å². The Morgan fingerprint density at radius 1 is 1.10 bits per heavy atom. The van der Waals surface area contributed by atoms with Crippen LogP contribution in [0.5, 0.6) is 5.75 Å². The lowest BCUT2D eigenvalue weighted by Crippen LogP contribution is -2.17. The van der Waals surface area contributed by atoms with E-state index in [2.05, 4.69) is 15.0 Å². The molecular formula is C20H18ClN3O4S. The van der Waals surface area contributed by atoms with E-state index in [0.29, 0.717) is 16.6 Å². The van der Waals surface area contributed by atoms with E-state index in [1.54, 1.807) is 24.4 Å². The van der Waals surface area contributed by atoms with E-state index in [4.69, 9.17) is 16.3 Å². The molecule has 0 saturated heterocycles. The molecule has 0 radical (unpaired) electrons. The second-order valence-corrected chi connectivity index (χ2v) is 8.22. The molecule has 2 aromatic carbocycles. The van der Waals surface area contributed by atoms with Gasteiger partial charge in [0, 0.05) is 16.8 Å². The number of sulfonamides is 1. The molecule has 0 fully saturated rings. The zero-order valence-corrected chi connectivity index (χ0v) is 17.2. The number of amides is 1. The van der Waals surface area contributed by atoms with Gasteiger partial charge in [0.2, 0.25) is 0 Å². The van der Waals surface area contributed by atoms with Crippen molar-refractivity contribution in [3.63, 3.8) is 0 Å². The molecule has 1 aromatic heterocycles. The zero-order valence-electron chi connectivity index (χ0n) is 15.6. The molecule has 0 aliphatic rings. The summed E-state index contributed by atoms with van der Waals surface area (Å²) in [6.07, 6.45) is 1.56. The molecule has 0 aliphatic heterocycles. The number of halogens is 1. The third-order valence-corrected chi connectivity index (χ3v) is 5.65. The third kappa shape index (κ3) is 4.85. The van der Waals surface area contributed by atoms with Crippen LogP contribution in [0, 0.1) is 6.92 Å². The molecule has 0 spiro atoms. The zero-order chi connectivity index (χ0) is 21.0. The van der Waals surface area contributed by atoms with Crippen molar-refractivity contribution < 1.29 is 17.9 Å². The highest BCUT2D eigenvalue weighted by molar-refractivity contribution is 7.92. The first kappa shape index (κ1) is 20.6. The summed E-state index contributed by atoms with van der Waals surface area (Å²) in [5, 5.41) is 3.03. The highest BCUT2D eigenvalue weighted by Crippen LogP contribution is 2.30. The van der Waals surface area contributed by atoms with Crippen LogP contribution in [0.2, 0.25) is 5.02 Å². The van der Waals surface area contributed by atoms with Crippen LogP contribution in [0.25, 0.3) is 0 Å². The Labute approximate surface area is 173 Å². The topological polar surface area (TPSA) is 97.4 Å². The van der Waals surface area contributed by atoms with Gasteiger partial charge in [-0.25, -0.2) is 13.4 Å². The average molecular weight is 432 g/mol. The van der Waals surface area contributed by atoms with Crippen molar-refractivity contribution in [3.8, 4) is 5.75 Å². The number of nitrogens with one attached hydrogen (secondary N) is 2. The van der Waals surface area contributed by atoms with Gasteiger partial charge in [-0.15, -0.1) is 0 Å². The van der Waals surface area contributed by atoms with E-state index >= 15 is 0 Å². The fourth-order valence-corrected chi connectivity index (χ4v) is 3.84. The molecule has 0 aliphatic carbocycles. The quantitative estimate of drug-likeness (QED) is 0.612. The van der Waals surface area contributed by atoms with Crippen LogP contribution in [-0.2, 0) is 10.0 Å². The van der Waals surface area contributed by atoms with E-state index < -0.39 is 15.9 Å². The van der Waals surface area contributed by atoms with Crippen LogP contribution in [0.3, 0.4) is 0 Å². The number of carbonyl (C=O) groups excluding carboxylic acids is 1. The van der Waals surface area contributed by atoms with Crippen molar-refractivity contribution >= 4 is 39.0 Å². The minimum Gasteiger partial charge on any atom is -0.495 e. The van der Waals surface area contributed by atoms with Crippen LogP contribution in [0.1, 0.15) is 15.9 Å². The van der Waals surface area contributed by atoms with Gasteiger partial charge in [-0.2, -0.15) is 0 Å². The number of hydrogen-bond acceptors (Lipinski definition) is 5. The summed E-state index contributed by atoms with van der Waals surface area (Å²) < 4.78 is 33.2. The molecule has 3 aromatic rings. The lowest BCUT2D eigenvalue weighted by molar-refractivity contribution is 0.102. The summed E-state index contributed by atoms with van der Waals surface area (Å²) in [5.74, 6) is 0.259. The molecular weight excluding hydrogens is 414 g/mol. The number of rotatable bonds is 6. The number of benzene rings is 2. The van der Waals surface area contributed by atoms with Gasteiger partial charge < -0.3 is 10.1 Å². The Morgan fingerprint density at radius 2 is 1.90 bits per heavy atom. The summed E-state index contributed by atoms with van der Waals surface area (Å²) in [4.78, 5) is 16.6. The predicted octanol–water partition coefficient (Wildman–Crippen LogP) is 4.11. The first-order valence-electron chi connectivity index (χ1n) is 8.49. The maximum Gasteiger partial charge on any atom is 0.262 e. The van der Waals surface area contributed by atoms with Crippen LogP contribution in [-0.4, -0.2) is 26.4 Å². The molecule has 9 heteroatoms. The number of pyridine rings is 1. The van der Waals surface area contributed by atoms with Gasteiger partial charge in [-0.3, -0.25) is 9.52 Å². The Hall–Kier alpha value is -3.10. The Bertz CT molecular complexity index is 1170. The monoisotopic (exact) mass is 431 g/mol. The van der Waals surface area contributed by atoms with Crippen LogP contribution < -0.4 is 14.8 Å². The van der Waals surface area contributed by atoms with Crippen molar-refractivity contribution in [2.45, 2.75) is 11.8 Å². The highest BCUT2D eigenvalue weighted by atomic mass is 35.5. The summed E-state index contributed by atoms with van der Waals surface area (Å²) in [7, 11) is -2.56. The van der Waals surface area contributed by atoms with Crippen LogP contribution in [0.15, 0.2) is 65.7 Å². The first-order valence-corrected chi connectivity index (χ1v) is 10.4. The van der Waals surface area contributed by atoms with Crippen molar-refractivity contribution in [2.75, 3.05) is 17.1 Å². The summed E-state index contributed by atoms with van der Waals surface area (Å²) in [5.41, 5.74) is 1.16. The maximum atomic E-state index is 12.8. The lowest BCUT2D eigenvalue weighted by atomic mass is 10.2. The SMILES string of the molecule is COc1ccc(Cl)cc1NS(=O)(=O)c1cccc(C(=O)Nc2ncccc2C)c1. The number of ether oxygens (including phenoxy) is 1. The summed E-state index contributed by atoms with van der Waals surface area (Å²) in [6.45, 7) is 1.81. The van der Waals surface area contributed by atoms with Crippen molar-refractivity contribution in [1.82, 2.24) is 4.98 Å². The Balaban J connectivity index is 1.87. The molecule has 29 heavy (non-hydrogen) atoms. The minimum absolute atomic E-state index is 0.0788.